The third-order valence-corrected chi connectivity index (χ3v) is 3.20. The molecule has 0 spiro atoms. The predicted molar refractivity (Wildman–Crippen MR) is 59.2 cm³/mol. The maximum atomic E-state index is 6.15. The summed E-state index contributed by atoms with van der Waals surface area (Å²) < 4.78 is 1.06. The maximum absolute atomic E-state index is 6.15. The third-order valence-electron chi connectivity index (χ3n) is 2.40. The molecule has 1 aromatic carbocycles. The van der Waals surface area contributed by atoms with E-state index in [1.807, 2.05) is 6.07 Å². The zero-order chi connectivity index (χ0) is 9.42. The van der Waals surface area contributed by atoms with Gasteiger partial charge in [0.2, 0.25) is 0 Å². The van der Waals surface area contributed by atoms with Gasteiger partial charge in [-0.3, -0.25) is 0 Å². The van der Waals surface area contributed by atoms with Crippen molar-refractivity contribution >= 4 is 27.5 Å². The zero-order valence-electron chi connectivity index (χ0n) is 7.40. The monoisotopic (exact) mass is 259 g/mol. The van der Waals surface area contributed by atoms with E-state index in [2.05, 4.69) is 34.2 Å². The standard InChI is InChI=1S/C10H11BrClN/c1-6-2-9-7(5-13-6)3-8(11)4-10(9)12/h3-4,6,13H,2,5H2,1H3. The summed E-state index contributed by atoms with van der Waals surface area (Å²) in [6.07, 6.45) is 1.03. The second kappa shape index (κ2) is 3.60. The second-order valence-electron chi connectivity index (χ2n) is 3.51. The van der Waals surface area contributed by atoms with E-state index >= 15 is 0 Å². The van der Waals surface area contributed by atoms with Crippen LogP contribution >= 0.6 is 27.5 Å². The van der Waals surface area contributed by atoms with Crippen molar-refractivity contribution in [1.82, 2.24) is 5.32 Å². The molecule has 1 aromatic rings. The van der Waals surface area contributed by atoms with Crippen LogP contribution in [0, 0.1) is 0 Å². The molecule has 70 valence electrons. The van der Waals surface area contributed by atoms with Gasteiger partial charge in [0, 0.05) is 22.1 Å². The minimum atomic E-state index is 0.533. The van der Waals surface area contributed by atoms with Gasteiger partial charge < -0.3 is 5.32 Å². The number of benzene rings is 1. The summed E-state index contributed by atoms with van der Waals surface area (Å²) in [7, 11) is 0. The molecule has 0 aromatic heterocycles. The van der Waals surface area contributed by atoms with Crippen LogP contribution < -0.4 is 5.32 Å². The van der Waals surface area contributed by atoms with Gasteiger partial charge in [-0.05, 0) is 36.6 Å². The van der Waals surface area contributed by atoms with Crippen LogP contribution in [0.3, 0.4) is 0 Å². The Kier molecular flexibility index (Phi) is 2.63. The predicted octanol–water partition coefficient (Wildman–Crippen LogP) is 3.14. The number of fused-ring (bicyclic) bond motifs is 1. The minimum absolute atomic E-state index is 0.533. The van der Waals surface area contributed by atoms with Crippen LogP contribution in [0.4, 0.5) is 0 Å². The van der Waals surface area contributed by atoms with Gasteiger partial charge in [-0.15, -0.1) is 0 Å². The summed E-state index contributed by atoms with van der Waals surface area (Å²) >= 11 is 9.60. The average molecular weight is 261 g/mol. The van der Waals surface area contributed by atoms with E-state index in [1.54, 1.807) is 0 Å². The Labute approximate surface area is 91.6 Å². The van der Waals surface area contributed by atoms with Crippen molar-refractivity contribution < 1.29 is 0 Å². The highest BCUT2D eigenvalue weighted by Gasteiger charge is 2.17. The van der Waals surface area contributed by atoms with Crippen molar-refractivity contribution in [3.63, 3.8) is 0 Å². The van der Waals surface area contributed by atoms with Crippen LogP contribution in [0.25, 0.3) is 0 Å². The van der Waals surface area contributed by atoms with Gasteiger partial charge in [0.05, 0.1) is 0 Å². The van der Waals surface area contributed by atoms with Crippen molar-refractivity contribution in [1.29, 1.82) is 0 Å². The Balaban J connectivity index is 2.47. The minimum Gasteiger partial charge on any atom is -0.310 e. The molecule has 0 bridgehead atoms. The largest absolute Gasteiger partial charge is 0.310 e. The molecule has 0 amide bonds. The molecule has 1 atom stereocenters. The lowest BCUT2D eigenvalue weighted by Crippen LogP contribution is -2.32. The van der Waals surface area contributed by atoms with Gasteiger partial charge >= 0.3 is 0 Å². The molecule has 2 rings (SSSR count). The Bertz CT molecular complexity index is 338. The average Bonchev–Trinajstić information content (AvgIpc) is 2.06. The van der Waals surface area contributed by atoms with Crippen LogP contribution in [0.5, 0.6) is 0 Å². The molecular formula is C10H11BrClN. The number of nitrogens with one attached hydrogen (secondary N) is 1. The van der Waals surface area contributed by atoms with Crippen molar-refractivity contribution in [2.75, 3.05) is 0 Å². The van der Waals surface area contributed by atoms with E-state index < -0.39 is 0 Å². The molecular weight excluding hydrogens is 249 g/mol. The highest BCUT2D eigenvalue weighted by Crippen LogP contribution is 2.28. The first-order valence-corrected chi connectivity index (χ1v) is 5.54. The van der Waals surface area contributed by atoms with Gasteiger partial charge in [0.1, 0.15) is 0 Å². The summed E-state index contributed by atoms with van der Waals surface area (Å²) in [6, 6.07) is 4.64. The van der Waals surface area contributed by atoms with E-state index in [0.29, 0.717) is 6.04 Å². The van der Waals surface area contributed by atoms with Gasteiger partial charge in [0.15, 0.2) is 0 Å². The fraction of sp³-hybridized carbons (Fsp3) is 0.400. The van der Waals surface area contributed by atoms with Crippen LogP contribution in [0.2, 0.25) is 5.02 Å². The van der Waals surface area contributed by atoms with Crippen LogP contribution in [0.1, 0.15) is 18.1 Å². The molecule has 1 N–H and O–H groups in total. The second-order valence-corrected chi connectivity index (χ2v) is 4.83. The molecule has 0 radical (unpaired) electrons. The molecule has 1 heterocycles. The lowest BCUT2D eigenvalue weighted by atomic mass is 9.97. The zero-order valence-corrected chi connectivity index (χ0v) is 9.74. The number of hydrogen-bond acceptors (Lipinski definition) is 1. The fourth-order valence-electron chi connectivity index (χ4n) is 1.71. The first-order chi connectivity index (χ1) is 6.16. The molecule has 0 aliphatic carbocycles. The quantitative estimate of drug-likeness (QED) is 0.756. The van der Waals surface area contributed by atoms with Crippen molar-refractivity contribution in [2.45, 2.75) is 25.9 Å². The van der Waals surface area contributed by atoms with Crippen LogP contribution in [0.15, 0.2) is 16.6 Å². The van der Waals surface area contributed by atoms with Gasteiger partial charge in [-0.1, -0.05) is 27.5 Å². The first kappa shape index (κ1) is 9.50. The van der Waals surface area contributed by atoms with E-state index in [4.69, 9.17) is 11.6 Å². The summed E-state index contributed by atoms with van der Waals surface area (Å²) in [5, 5.41) is 4.30. The molecule has 1 unspecified atom stereocenters. The van der Waals surface area contributed by atoms with Gasteiger partial charge in [0.25, 0.3) is 0 Å². The van der Waals surface area contributed by atoms with Gasteiger partial charge in [-0.2, -0.15) is 0 Å². The molecule has 0 fully saturated rings. The van der Waals surface area contributed by atoms with E-state index in [0.717, 1.165) is 22.5 Å². The molecule has 0 saturated heterocycles. The van der Waals surface area contributed by atoms with E-state index in [9.17, 15) is 0 Å². The molecule has 3 heteroatoms. The Morgan fingerprint density at radius 1 is 1.54 bits per heavy atom. The molecule has 1 aliphatic rings. The number of hydrogen-bond donors (Lipinski definition) is 1. The lowest BCUT2D eigenvalue weighted by Gasteiger charge is -2.24. The summed E-state index contributed by atoms with van der Waals surface area (Å²) in [4.78, 5) is 0. The van der Waals surface area contributed by atoms with Crippen molar-refractivity contribution in [3.8, 4) is 0 Å². The SMILES string of the molecule is CC1Cc2c(Cl)cc(Br)cc2CN1. The highest BCUT2D eigenvalue weighted by molar-refractivity contribution is 9.10. The summed E-state index contributed by atoms with van der Waals surface area (Å²) in [5.41, 5.74) is 2.62. The molecule has 1 nitrogen and oxygen atoms in total. The summed E-state index contributed by atoms with van der Waals surface area (Å²) in [6.45, 7) is 3.11. The Morgan fingerprint density at radius 3 is 3.08 bits per heavy atom. The third kappa shape index (κ3) is 1.90. The highest BCUT2D eigenvalue weighted by atomic mass is 79.9. The van der Waals surface area contributed by atoms with Crippen LogP contribution in [-0.2, 0) is 13.0 Å². The topological polar surface area (TPSA) is 12.0 Å². The van der Waals surface area contributed by atoms with Gasteiger partial charge in [-0.25, -0.2) is 0 Å². The van der Waals surface area contributed by atoms with Crippen molar-refractivity contribution in [3.05, 3.63) is 32.8 Å². The molecule has 13 heavy (non-hydrogen) atoms. The molecule has 1 aliphatic heterocycles. The Morgan fingerprint density at radius 2 is 2.31 bits per heavy atom. The normalized spacial score (nSPS) is 21.3. The summed E-state index contributed by atoms with van der Waals surface area (Å²) in [5.74, 6) is 0. The van der Waals surface area contributed by atoms with Crippen LogP contribution in [-0.4, -0.2) is 6.04 Å². The maximum Gasteiger partial charge on any atom is 0.0453 e. The van der Waals surface area contributed by atoms with E-state index in [-0.39, 0.29) is 0 Å². The molecule has 0 saturated carbocycles. The Hall–Kier alpha value is -0.0500. The number of rotatable bonds is 0. The lowest BCUT2D eigenvalue weighted by molar-refractivity contribution is 0.513. The number of halogens is 2. The fourth-order valence-corrected chi connectivity index (χ4v) is 2.66. The smallest absolute Gasteiger partial charge is 0.0453 e. The van der Waals surface area contributed by atoms with Crippen molar-refractivity contribution in [2.24, 2.45) is 0 Å². The first-order valence-electron chi connectivity index (χ1n) is 4.37. The van der Waals surface area contributed by atoms with E-state index in [1.165, 1.54) is 11.1 Å².